The highest BCUT2D eigenvalue weighted by molar-refractivity contribution is 5.84. The van der Waals surface area contributed by atoms with E-state index in [4.69, 9.17) is 20.2 Å². The lowest BCUT2D eigenvalue weighted by Crippen LogP contribution is -2.38. The van der Waals surface area contributed by atoms with Crippen molar-refractivity contribution in [3.63, 3.8) is 0 Å². The van der Waals surface area contributed by atoms with E-state index in [1.807, 2.05) is 24.3 Å². The van der Waals surface area contributed by atoms with E-state index >= 15 is 0 Å². The SMILES string of the molecule is COc1ccc(-c2cc3nccn3c(NC3N=CC=CC3C(N)=O)n2)cc1OC. The number of aromatic nitrogens is 3. The number of anilines is 1. The standard InChI is InChI=1S/C20H20N6O3/c1-28-15-6-5-12(10-16(15)29-2)14-11-17-22-8-9-26(17)20(24-14)25-19-13(18(21)27)4-3-7-23-19/h3-11,13,19H,1-2H3,(H2,21,27)(H,24,25). The Morgan fingerprint density at radius 2 is 2.03 bits per heavy atom. The van der Waals surface area contributed by atoms with Crippen molar-refractivity contribution in [3.05, 3.63) is 48.8 Å². The van der Waals surface area contributed by atoms with Gasteiger partial charge in [-0.2, -0.15) is 0 Å². The van der Waals surface area contributed by atoms with Gasteiger partial charge in [0.2, 0.25) is 11.9 Å². The van der Waals surface area contributed by atoms with E-state index in [1.54, 1.807) is 49.4 Å². The van der Waals surface area contributed by atoms with E-state index in [0.29, 0.717) is 28.8 Å². The van der Waals surface area contributed by atoms with Gasteiger partial charge in [-0.15, -0.1) is 0 Å². The molecule has 4 rings (SSSR count). The number of nitrogens with one attached hydrogen (secondary N) is 1. The Labute approximate surface area is 166 Å². The number of carbonyl (C=O) groups excluding carboxylic acids is 1. The Morgan fingerprint density at radius 3 is 2.79 bits per heavy atom. The summed E-state index contributed by atoms with van der Waals surface area (Å²) in [5.74, 6) is 0.677. The average molecular weight is 392 g/mol. The molecule has 0 saturated carbocycles. The number of dihydropyridines is 1. The molecule has 1 aliphatic heterocycles. The summed E-state index contributed by atoms with van der Waals surface area (Å²) in [5.41, 5.74) is 7.71. The van der Waals surface area contributed by atoms with Gasteiger partial charge in [0, 0.05) is 30.2 Å². The third kappa shape index (κ3) is 3.49. The fraction of sp³-hybridized carbons (Fsp3) is 0.200. The predicted octanol–water partition coefficient (Wildman–Crippen LogP) is 1.89. The van der Waals surface area contributed by atoms with Gasteiger partial charge >= 0.3 is 0 Å². The molecular weight excluding hydrogens is 372 g/mol. The number of nitrogens with zero attached hydrogens (tertiary/aromatic N) is 4. The Morgan fingerprint density at radius 1 is 1.21 bits per heavy atom. The molecule has 0 saturated heterocycles. The average Bonchev–Trinajstić information content (AvgIpc) is 3.22. The van der Waals surface area contributed by atoms with Crippen molar-refractivity contribution in [2.24, 2.45) is 16.6 Å². The highest BCUT2D eigenvalue weighted by Crippen LogP contribution is 2.32. The lowest BCUT2D eigenvalue weighted by Gasteiger charge is -2.23. The molecule has 1 aliphatic rings. The van der Waals surface area contributed by atoms with E-state index in [1.165, 1.54) is 0 Å². The van der Waals surface area contributed by atoms with E-state index in [2.05, 4.69) is 15.3 Å². The van der Waals surface area contributed by atoms with Crippen molar-refractivity contribution in [2.75, 3.05) is 19.5 Å². The van der Waals surface area contributed by atoms with Crippen LogP contribution in [0.25, 0.3) is 16.9 Å². The molecule has 2 aromatic heterocycles. The van der Waals surface area contributed by atoms with Gasteiger partial charge in [-0.25, -0.2) is 9.97 Å². The first-order valence-electron chi connectivity index (χ1n) is 8.93. The zero-order valence-corrected chi connectivity index (χ0v) is 15.9. The van der Waals surface area contributed by atoms with Crippen molar-refractivity contribution in [1.82, 2.24) is 14.4 Å². The summed E-state index contributed by atoms with van der Waals surface area (Å²) in [4.78, 5) is 25.2. The maximum atomic E-state index is 11.8. The molecule has 3 N–H and O–H groups in total. The van der Waals surface area contributed by atoms with Gasteiger partial charge in [-0.05, 0) is 24.3 Å². The van der Waals surface area contributed by atoms with Gasteiger partial charge in [0.25, 0.3) is 0 Å². The molecule has 148 valence electrons. The molecule has 2 atom stereocenters. The number of aliphatic imine (C=N–C) groups is 1. The Hall–Kier alpha value is -3.88. The first-order chi connectivity index (χ1) is 14.1. The number of benzene rings is 1. The highest BCUT2D eigenvalue weighted by Gasteiger charge is 2.26. The molecule has 3 aromatic rings. The van der Waals surface area contributed by atoms with Crippen LogP contribution in [0.1, 0.15) is 0 Å². The summed E-state index contributed by atoms with van der Waals surface area (Å²) in [7, 11) is 3.17. The van der Waals surface area contributed by atoms with Crippen LogP contribution in [-0.4, -0.2) is 46.9 Å². The number of fused-ring (bicyclic) bond motifs is 1. The monoisotopic (exact) mass is 392 g/mol. The van der Waals surface area contributed by atoms with Gasteiger partial charge in [-0.1, -0.05) is 6.08 Å². The van der Waals surface area contributed by atoms with Crippen molar-refractivity contribution >= 4 is 23.7 Å². The van der Waals surface area contributed by atoms with Gasteiger partial charge in [0.1, 0.15) is 11.8 Å². The zero-order chi connectivity index (χ0) is 20.4. The van der Waals surface area contributed by atoms with Crippen LogP contribution in [0.4, 0.5) is 5.95 Å². The Balaban J connectivity index is 1.76. The van der Waals surface area contributed by atoms with Crippen LogP contribution in [0.2, 0.25) is 0 Å². The summed E-state index contributed by atoms with van der Waals surface area (Å²) in [5, 5.41) is 3.21. The minimum atomic E-state index is -0.579. The van der Waals surface area contributed by atoms with E-state index in [9.17, 15) is 4.79 Å². The number of allylic oxidation sites excluding steroid dienone is 1. The van der Waals surface area contributed by atoms with Crippen LogP contribution in [-0.2, 0) is 4.79 Å². The maximum Gasteiger partial charge on any atom is 0.228 e. The Bertz CT molecular complexity index is 1120. The van der Waals surface area contributed by atoms with Gasteiger partial charge in [-0.3, -0.25) is 14.2 Å². The quantitative estimate of drug-likeness (QED) is 0.662. The van der Waals surface area contributed by atoms with Crippen LogP contribution in [0.5, 0.6) is 11.5 Å². The van der Waals surface area contributed by atoms with E-state index in [0.717, 1.165) is 5.56 Å². The van der Waals surface area contributed by atoms with Gasteiger partial charge in [0.05, 0.1) is 25.8 Å². The van der Waals surface area contributed by atoms with Crippen LogP contribution < -0.4 is 20.5 Å². The number of hydrogen-bond acceptors (Lipinski definition) is 7. The van der Waals surface area contributed by atoms with Crippen LogP contribution in [0, 0.1) is 5.92 Å². The number of nitrogens with two attached hydrogens (primary N) is 1. The maximum absolute atomic E-state index is 11.8. The third-order valence-corrected chi connectivity index (χ3v) is 4.67. The largest absolute Gasteiger partial charge is 0.493 e. The van der Waals surface area contributed by atoms with Crippen molar-refractivity contribution in [2.45, 2.75) is 6.17 Å². The van der Waals surface area contributed by atoms with Crippen molar-refractivity contribution in [1.29, 1.82) is 0 Å². The second kappa shape index (κ2) is 7.63. The second-order valence-corrected chi connectivity index (χ2v) is 6.39. The number of imidazole rings is 1. The molecule has 0 aliphatic carbocycles. The normalized spacial score (nSPS) is 18.0. The Kier molecular flexibility index (Phi) is 4.86. The first kappa shape index (κ1) is 18.5. The molecule has 0 fully saturated rings. The fourth-order valence-electron chi connectivity index (χ4n) is 3.19. The number of amides is 1. The third-order valence-electron chi connectivity index (χ3n) is 4.67. The summed E-state index contributed by atoms with van der Waals surface area (Å²) in [6.07, 6.45) is 7.95. The number of ether oxygens (including phenoxy) is 2. The number of rotatable bonds is 6. The molecule has 1 aromatic carbocycles. The zero-order valence-electron chi connectivity index (χ0n) is 15.9. The topological polar surface area (TPSA) is 116 Å². The van der Waals surface area contributed by atoms with Crippen molar-refractivity contribution in [3.8, 4) is 22.8 Å². The molecule has 3 heterocycles. The van der Waals surface area contributed by atoms with Crippen molar-refractivity contribution < 1.29 is 14.3 Å². The molecule has 29 heavy (non-hydrogen) atoms. The molecule has 1 amide bonds. The summed E-state index contributed by atoms with van der Waals surface area (Å²) < 4.78 is 12.5. The summed E-state index contributed by atoms with van der Waals surface area (Å²) >= 11 is 0. The molecule has 9 nitrogen and oxygen atoms in total. The number of carbonyl (C=O) groups is 1. The van der Waals surface area contributed by atoms with Gasteiger partial charge < -0.3 is 20.5 Å². The molecular formula is C20H20N6O3. The van der Waals surface area contributed by atoms with Crippen LogP contribution >= 0.6 is 0 Å². The molecule has 2 unspecified atom stereocenters. The molecule has 0 spiro atoms. The minimum absolute atomic E-state index is 0.464. The van der Waals surface area contributed by atoms with Crippen LogP contribution in [0.15, 0.2) is 53.8 Å². The lowest BCUT2D eigenvalue weighted by molar-refractivity contribution is -0.120. The van der Waals surface area contributed by atoms with Gasteiger partial charge in [0.15, 0.2) is 11.5 Å². The van der Waals surface area contributed by atoms with E-state index in [-0.39, 0.29) is 0 Å². The van der Waals surface area contributed by atoms with E-state index < -0.39 is 18.0 Å². The molecule has 0 radical (unpaired) electrons. The summed E-state index contributed by atoms with van der Waals surface area (Å²) in [6.45, 7) is 0. The summed E-state index contributed by atoms with van der Waals surface area (Å²) in [6, 6.07) is 7.42. The first-order valence-corrected chi connectivity index (χ1v) is 8.93. The minimum Gasteiger partial charge on any atom is -0.493 e. The smallest absolute Gasteiger partial charge is 0.228 e. The number of primary amides is 1. The predicted molar refractivity (Wildman–Crippen MR) is 109 cm³/mol. The highest BCUT2D eigenvalue weighted by atomic mass is 16.5. The lowest BCUT2D eigenvalue weighted by atomic mass is 10.0. The molecule has 9 heteroatoms. The molecule has 0 bridgehead atoms. The fourth-order valence-corrected chi connectivity index (χ4v) is 3.19. The second-order valence-electron chi connectivity index (χ2n) is 6.39. The van der Waals surface area contributed by atoms with Crippen LogP contribution in [0.3, 0.4) is 0 Å². The number of hydrogen-bond donors (Lipinski definition) is 2. The number of methoxy groups -OCH3 is 2.